The normalized spacial score (nSPS) is 19.0. The van der Waals surface area contributed by atoms with Crippen molar-refractivity contribution in [2.24, 2.45) is 0 Å². The Morgan fingerprint density at radius 2 is 2.00 bits per heavy atom. The first-order chi connectivity index (χ1) is 9.47. The summed E-state index contributed by atoms with van der Waals surface area (Å²) in [6.45, 7) is 7.20. The second kappa shape index (κ2) is 6.27. The molecule has 1 aliphatic heterocycles. The summed E-state index contributed by atoms with van der Waals surface area (Å²) in [6.07, 6.45) is 1.24. The first-order valence-corrected chi connectivity index (χ1v) is 7.14. The molecule has 1 N–H and O–H groups in total. The summed E-state index contributed by atoms with van der Waals surface area (Å²) < 4.78 is 5.70. The molecular weight excluding hydrogens is 254 g/mol. The fourth-order valence-corrected chi connectivity index (χ4v) is 2.80. The highest BCUT2D eigenvalue weighted by Gasteiger charge is 2.22. The zero-order valence-corrected chi connectivity index (χ0v) is 12.5. The van der Waals surface area contributed by atoms with Gasteiger partial charge in [0.05, 0.1) is 6.10 Å². The van der Waals surface area contributed by atoms with Gasteiger partial charge in [0.2, 0.25) is 0 Å². The summed E-state index contributed by atoms with van der Waals surface area (Å²) >= 11 is 0. The maximum atomic E-state index is 12.1. The van der Waals surface area contributed by atoms with Gasteiger partial charge in [-0.25, -0.2) is 0 Å². The summed E-state index contributed by atoms with van der Waals surface area (Å²) in [5.41, 5.74) is 3.29. The lowest BCUT2D eigenvalue weighted by Gasteiger charge is -2.30. The van der Waals surface area contributed by atoms with Crippen molar-refractivity contribution in [3.8, 4) is 5.75 Å². The van der Waals surface area contributed by atoms with E-state index >= 15 is 0 Å². The summed E-state index contributed by atoms with van der Waals surface area (Å²) in [7, 11) is 0. The topological polar surface area (TPSA) is 49.8 Å². The molecule has 1 saturated heterocycles. The number of carbonyl (C=O) groups is 1. The van der Waals surface area contributed by atoms with Gasteiger partial charge in [0.15, 0.2) is 6.61 Å². The fourth-order valence-electron chi connectivity index (χ4n) is 2.80. The van der Waals surface area contributed by atoms with E-state index in [1.807, 2.05) is 20.8 Å². The van der Waals surface area contributed by atoms with E-state index in [-0.39, 0.29) is 12.5 Å². The van der Waals surface area contributed by atoms with Crippen LogP contribution < -0.4 is 4.74 Å². The second-order valence-corrected chi connectivity index (χ2v) is 5.65. The Morgan fingerprint density at radius 3 is 2.60 bits per heavy atom. The van der Waals surface area contributed by atoms with Gasteiger partial charge in [0.1, 0.15) is 5.75 Å². The van der Waals surface area contributed by atoms with Gasteiger partial charge in [-0.3, -0.25) is 4.79 Å². The Kier molecular flexibility index (Phi) is 4.65. The molecule has 1 atom stereocenters. The predicted octanol–water partition coefficient (Wildman–Crippen LogP) is 1.97. The fraction of sp³-hybridized carbons (Fsp3) is 0.562. The number of hydrogen-bond acceptors (Lipinski definition) is 3. The van der Waals surface area contributed by atoms with Crippen LogP contribution in [0.3, 0.4) is 0 Å². The first kappa shape index (κ1) is 14.9. The number of benzene rings is 1. The average Bonchev–Trinajstić information content (AvgIpc) is 2.37. The number of likely N-dealkylation sites (tertiary alicyclic amines) is 1. The highest BCUT2D eigenvalue weighted by Crippen LogP contribution is 2.24. The maximum Gasteiger partial charge on any atom is 0.260 e. The number of rotatable bonds is 3. The number of hydrogen-bond donors (Lipinski definition) is 1. The SMILES string of the molecule is Cc1cc(C)c(OCC(=O)N2CCCC(O)C2)c(C)c1. The van der Waals surface area contributed by atoms with E-state index < -0.39 is 6.10 Å². The molecule has 0 saturated carbocycles. The van der Waals surface area contributed by atoms with E-state index in [4.69, 9.17) is 4.74 Å². The molecule has 110 valence electrons. The van der Waals surface area contributed by atoms with Crippen LogP contribution in [0.25, 0.3) is 0 Å². The van der Waals surface area contributed by atoms with E-state index in [9.17, 15) is 9.90 Å². The summed E-state index contributed by atoms with van der Waals surface area (Å²) in [4.78, 5) is 13.8. The van der Waals surface area contributed by atoms with Crippen molar-refractivity contribution in [1.82, 2.24) is 4.90 Å². The molecule has 2 rings (SSSR count). The number of β-amino-alcohol motifs (C(OH)–C–C–N with tert-alkyl or cyclic N) is 1. The third-order valence-electron chi connectivity index (χ3n) is 3.69. The molecule has 1 heterocycles. The smallest absolute Gasteiger partial charge is 0.260 e. The van der Waals surface area contributed by atoms with Gasteiger partial charge < -0.3 is 14.7 Å². The molecule has 1 fully saturated rings. The van der Waals surface area contributed by atoms with Crippen molar-refractivity contribution in [2.45, 2.75) is 39.7 Å². The van der Waals surface area contributed by atoms with E-state index in [2.05, 4.69) is 12.1 Å². The predicted molar refractivity (Wildman–Crippen MR) is 78.0 cm³/mol. The third kappa shape index (κ3) is 3.51. The van der Waals surface area contributed by atoms with E-state index in [1.165, 1.54) is 5.56 Å². The molecule has 1 aromatic rings. The van der Waals surface area contributed by atoms with Gasteiger partial charge in [0, 0.05) is 13.1 Å². The van der Waals surface area contributed by atoms with Crippen LogP contribution >= 0.6 is 0 Å². The number of aliphatic hydroxyl groups excluding tert-OH is 1. The molecule has 0 spiro atoms. The van der Waals surface area contributed by atoms with E-state index in [0.717, 1.165) is 29.7 Å². The lowest BCUT2D eigenvalue weighted by molar-refractivity contribution is -0.136. The Hall–Kier alpha value is -1.55. The molecule has 0 radical (unpaired) electrons. The Balaban J connectivity index is 1.96. The lowest BCUT2D eigenvalue weighted by Crippen LogP contribution is -2.44. The maximum absolute atomic E-state index is 12.1. The van der Waals surface area contributed by atoms with Crippen molar-refractivity contribution in [1.29, 1.82) is 0 Å². The second-order valence-electron chi connectivity index (χ2n) is 5.65. The summed E-state index contributed by atoms with van der Waals surface area (Å²) in [6, 6.07) is 4.11. The molecule has 4 heteroatoms. The van der Waals surface area contributed by atoms with Crippen LogP contribution in [0.1, 0.15) is 29.5 Å². The molecule has 0 bridgehead atoms. The van der Waals surface area contributed by atoms with Crippen LogP contribution in [0.15, 0.2) is 12.1 Å². The molecular formula is C16H23NO3. The van der Waals surface area contributed by atoms with Crippen LogP contribution in [0.5, 0.6) is 5.75 Å². The van der Waals surface area contributed by atoms with Gasteiger partial charge in [-0.1, -0.05) is 17.7 Å². The first-order valence-electron chi connectivity index (χ1n) is 7.14. The third-order valence-corrected chi connectivity index (χ3v) is 3.69. The highest BCUT2D eigenvalue weighted by atomic mass is 16.5. The standard InChI is InChI=1S/C16H23NO3/c1-11-7-12(2)16(13(3)8-11)20-10-15(19)17-6-4-5-14(18)9-17/h7-8,14,18H,4-6,9-10H2,1-3H3. The van der Waals surface area contributed by atoms with E-state index in [1.54, 1.807) is 4.90 Å². The molecule has 0 aliphatic carbocycles. The molecule has 0 aromatic heterocycles. The minimum Gasteiger partial charge on any atom is -0.483 e. The highest BCUT2D eigenvalue weighted by molar-refractivity contribution is 5.78. The summed E-state index contributed by atoms with van der Waals surface area (Å²) in [5, 5.41) is 9.60. The monoisotopic (exact) mass is 277 g/mol. The number of amides is 1. The number of carbonyl (C=O) groups excluding carboxylic acids is 1. The molecule has 4 nitrogen and oxygen atoms in total. The van der Waals surface area contributed by atoms with Crippen LogP contribution in [0, 0.1) is 20.8 Å². The minimum atomic E-state index is -0.393. The average molecular weight is 277 g/mol. The molecule has 1 aliphatic rings. The molecule has 20 heavy (non-hydrogen) atoms. The van der Waals surface area contributed by atoms with E-state index in [0.29, 0.717) is 13.1 Å². The van der Waals surface area contributed by atoms with Crippen LogP contribution in [-0.2, 0) is 4.79 Å². The zero-order chi connectivity index (χ0) is 14.7. The quantitative estimate of drug-likeness (QED) is 0.919. The Bertz CT molecular complexity index is 475. The minimum absolute atomic E-state index is 0.0391. The number of nitrogens with zero attached hydrogens (tertiary/aromatic N) is 1. The van der Waals surface area contributed by atoms with Crippen LogP contribution in [-0.4, -0.2) is 41.7 Å². The van der Waals surface area contributed by atoms with Crippen LogP contribution in [0.2, 0.25) is 0 Å². The van der Waals surface area contributed by atoms with Gasteiger partial charge >= 0.3 is 0 Å². The van der Waals surface area contributed by atoms with Crippen molar-refractivity contribution in [2.75, 3.05) is 19.7 Å². The van der Waals surface area contributed by atoms with Crippen molar-refractivity contribution < 1.29 is 14.6 Å². The number of aliphatic hydroxyl groups is 1. The number of aryl methyl sites for hydroxylation is 3. The largest absolute Gasteiger partial charge is 0.483 e. The zero-order valence-electron chi connectivity index (χ0n) is 12.5. The van der Waals surface area contributed by atoms with Crippen molar-refractivity contribution in [3.05, 3.63) is 28.8 Å². The molecule has 1 aromatic carbocycles. The van der Waals surface area contributed by atoms with Gasteiger partial charge in [0.25, 0.3) is 5.91 Å². The van der Waals surface area contributed by atoms with Crippen LogP contribution in [0.4, 0.5) is 0 Å². The molecule has 1 amide bonds. The van der Waals surface area contributed by atoms with Crippen molar-refractivity contribution >= 4 is 5.91 Å². The molecule has 1 unspecified atom stereocenters. The van der Waals surface area contributed by atoms with Gasteiger partial charge in [-0.2, -0.15) is 0 Å². The number of ether oxygens (including phenoxy) is 1. The van der Waals surface area contributed by atoms with Gasteiger partial charge in [-0.15, -0.1) is 0 Å². The lowest BCUT2D eigenvalue weighted by atomic mass is 10.1. The Morgan fingerprint density at radius 1 is 1.35 bits per heavy atom. The Labute approximate surface area is 120 Å². The van der Waals surface area contributed by atoms with Crippen molar-refractivity contribution in [3.63, 3.8) is 0 Å². The number of piperidine rings is 1. The summed E-state index contributed by atoms with van der Waals surface area (Å²) in [5.74, 6) is 0.740. The van der Waals surface area contributed by atoms with Gasteiger partial charge in [-0.05, 0) is 44.7 Å².